The van der Waals surface area contributed by atoms with Crippen molar-refractivity contribution in [2.24, 2.45) is 0 Å². The number of H-pyrrole nitrogens is 1. The quantitative estimate of drug-likeness (QED) is 0.867. The van der Waals surface area contributed by atoms with Crippen LogP contribution >= 0.6 is 0 Å². The topological polar surface area (TPSA) is 109 Å². The molecule has 0 aromatic carbocycles. The zero-order chi connectivity index (χ0) is 15.7. The number of aromatic nitrogens is 4. The predicted molar refractivity (Wildman–Crippen MR) is 77.0 cm³/mol. The van der Waals surface area contributed by atoms with Crippen molar-refractivity contribution in [3.8, 4) is 0 Å². The summed E-state index contributed by atoms with van der Waals surface area (Å²) < 4.78 is 23.5. The second kappa shape index (κ2) is 5.48. The molecule has 0 spiro atoms. The summed E-state index contributed by atoms with van der Waals surface area (Å²) in [5.74, 6) is -0.274. The molecular formula is C13H15N5O3S. The van der Waals surface area contributed by atoms with E-state index in [0.717, 1.165) is 6.26 Å². The summed E-state index contributed by atoms with van der Waals surface area (Å²) in [7, 11) is -3.34. The molecule has 1 fully saturated rings. The van der Waals surface area contributed by atoms with Gasteiger partial charge in [-0.15, -0.1) is 0 Å². The van der Waals surface area contributed by atoms with Crippen LogP contribution in [0.4, 0.5) is 0 Å². The Morgan fingerprint density at radius 1 is 1.36 bits per heavy atom. The summed E-state index contributed by atoms with van der Waals surface area (Å²) in [6.45, 7) is 0.975. The van der Waals surface area contributed by atoms with Crippen molar-refractivity contribution in [2.75, 3.05) is 19.3 Å². The Hall–Kier alpha value is -2.29. The molecule has 2 aromatic rings. The minimum Gasteiger partial charge on any atom is -0.337 e. The zero-order valence-corrected chi connectivity index (χ0v) is 12.7. The van der Waals surface area contributed by atoms with Gasteiger partial charge in [-0.3, -0.25) is 14.9 Å². The summed E-state index contributed by atoms with van der Waals surface area (Å²) in [5.41, 5.74) is 0.855. The van der Waals surface area contributed by atoms with Gasteiger partial charge in [0.1, 0.15) is 10.6 Å². The van der Waals surface area contributed by atoms with Gasteiger partial charge in [0.25, 0.3) is 5.91 Å². The van der Waals surface area contributed by atoms with E-state index in [0.29, 0.717) is 25.2 Å². The number of carbonyl (C=O) groups excluding carboxylic acids is 1. The minimum absolute atomic E-state index is 0.0761. The Morgan fingerprint density at radius 3 is 2.86 bits per heavy atom. The van der Waals surface area contributed by atoms with E-state index in [9.17, 15) is 13.2 Å². The van der Waals surface area contributed by atoms with E-state index >= 15 is 0 Å². The van der Waals surface area contributed by atoms with Gasteiger partial charge < -0.3 is 4.90 Å². The zero-order valence-electron chi connectivity index (χ0n) is 11.9. The molecule has 3 rings (SSSR count). The van der Waals surface area contributed by atoms with Crippen LogP contribution in [0.2, 0.25) is 0 Å². The maximum Gasteiger partial charge on any atom is 0.274 e. The first kappa shape index (κ1) is 14.6. The molecular weight excluding hydrogens is 306 g/mol. The molecule has 1 N–H and O–H groups in total. The highest BCUT2D eigenvalue weighted by Crippen LogP contribution is 2.30. The van der Waals surface area contributed by atoms with Gasteiger partial charge in [0.05, 0.1) is 18.1 Å². The molecule has 0 saturated carbocycles. The van der Waals surface area contributed by atoms with E-state index in [2.05, 4.69) is 20.2 Å². The minimum atomic E-state index is -3.34. The number of rotatable bonds is 3. The summed E-state index contributed by atoms with van der Waals surface area (Å²) in [4.78, 5) is 22.1. The van der Waals surface area contributed by atoms with E-state index in [4.69, 9.17) is 0 Å². The normalized spacial score (nSPS) is 18.6. The Bertz CT molecular complexity index is 787. The number of hydrogen-bond donors (Lipinski definition) is 1. The Kier molecular flexibility index (Phi) is 3.65. The van der Waals surface area contributed by atoms with Gasteiger partial charge in [-0.1, -0.05) is 0 Å². The second-order valence-corrected chi connectivity index (χ2v) is 7.23. The van der Waals surface area contributed by atoms with Crippen molar-refractivity contribution >= 4 is 15.7 Å². The number of nitrogens with zero attached hydrogens (tertiary/aromatic N) is 4. The second-order valence-electron chi connectivity index (χ2n) is 5.25. The number of nitrogens with one attached hydrogen (secondary N) is 1. The fourth-order valence-electron chi connectivity index (χ4n) is 2.62. The third-order valence-corrected chi connectivity index (χ3v) is 4.82. The number of aromatic amines is 1. The lowest BCUT2D eigenvalue weighted by Gasteiger charge is -2.15. The van der Waals surface area contributed by atoms with Gasteiger partial charge in [0.2, 0.25) is 0 Å². The number of carbonyl (C=O) groups is 1. The molecule has 1 atom stereocenters. The number of hydrogen-bond acceptors (Lipinski definition) is 6. The monoisotopic (exact) mass is 321 g/mol. The van der Waals surface area contributed by atoms with Crippen LogP contribution < -0.4 is 0 Å². The van der Waals surface area contributed by atoms with E-state index in [1.54, 1.807) is 4.90 Å². The summed E-state index contributed by atoms with van der Waals surface area (Å²) in [6.07, 6.45) is 7.55. The van der Waals surface area contributed by atoms with Gasteiger partial charge in [0.15, 0.2) is 9.84 Å². The van der Waals surface area contributed by atoms with Crippen LogP contribution in [0.3, 0.4) is 0 Å². The van der Waals surface area contributed by atoms with Crippen molar-refractivity contribution in [1.82, 2.24) is 25.1 Å². The molecule has 2 aromatic heterocycles. The van der Waals surface area contributed by atoms with E-state index < -0.39 is 9.84 Å². The molecule has 1 unspecified atom stereocenters. The Labute approximate surface area is 127 Å². The number of sulfone groups is 1. The molecule has 0 radical (unpaired) electrons. The fraction of sp³-hybridized carbons (Fsp3) is 0.385. The summed E-state index contributed by atoms with van der Waals surface area (Å²) in [5, 5.41) is 6.59. The van der Waals surface area contributed by atoms with E-state index in [1.165, 1.54) is 24.8 Å². The lowest BCUT2D eigenvalue weighted by molar-refractivity contribution is 0.0784. The van der Waals surface area contributed by atoms with Crippen LogP contribution in [0.25, 0.3) is 0 Å². The highest BCUT2D eigenvalue weighted by molar-refractivity contribution is 7.90. The Balaban J connectivity index is 1.79. The molecule has 9 heteroatoms. The lowest BCUT2D eigenvalue weighted by atomic mass is 10.1. The lowest BCUT2D eigenvalue weighted by Crippen LogP contribution is -2.29. The molecule has 1 aliphatic heterocycles. The highest BCUT2D eigenvalue weighted by atomic mass is 32.2. The van der Waals surface area contributed by atoms with Gasteiger partial charge in [-0.25, -0.2) is 13.4 Å². The van der Waals surface area contributed by atoms with Crippen molar-refractivity contribution < 1.29 is 13.2 Å². The molecule has 1 saturated heterocycles. The van der Waals surface area contributed by atoms with E-state index in [-0.39, 0.29) is 22.4 Å². The molecule has 1 aliphatic rings. The van der Waals surface area contributed by atoms with Crippen molar-refractivity contribution in [3.05, 3.63) is 36.2 Å². The molecule has 22 heavy (non-hydrogen) atoms. The van der Waals surface area contributed by atoms with Gasteiger partial charge in [-0.2, -0.15) is 5.10 Å². The third-order valence-electron chi connectivity index (χ3n) is 3.70. The molecule has 1 amide bonds. The standard InChI is InChI=1S/C13H15N5O3S/c1-22(20,21)11-7-16-17-12(11)9-2-5-18(8-9)13(19)10-6-14-3-4-15-10/h3-4,6-7,9H,2,5,8H2,1H3,(H,16,17). The van der Waals surface area contributed by atoms with Crippen molar-refractivity contribution in [3.63, 3.8) is 0 Å². The SMILES string of the molecule is CS(=O)(=O)c1cn[nH]c1C1CCN(C(=O)c2cnccn2)C1. The molecule has 8 nitrogen and oxygen atoms in total. The maximum atomic E-state index is 12.3. The first-order chi connectivity index (χ1) is 10.5. The highest BCUT2D eigenvalue weighted by Gasteiger charge is 2.32. The molecule has 0 bridgehead atoms. The van der Waals surface area contributed by atoms with Crippen LogP contribution in [0, 0.1) is 0 Å². The Morgan fingerprint density at radius 2 is 2.18 bits per heavy atom. The van der Waals surface area contributed by atoms with Crippen LogP contribution in [0.5, 0.6) is 0 Å². The van der Waals surface area contributed by atoms with Crippen LogP contribution in [0.15, 0.2) is 29.7 Å². The molecule has 0 aliphatic carbocycles. The van der Waals surface area contributed by atoms with Gasteiger partial charge in [0, 0.05) is 37.7 Å². The van der Waals surface area contributed by atoms with Gasteiger partial charge >= 0.3 is 0 Å². The fourth-order valence-corrected chi connectivity index (χ4v) is 3.48. The molecule has 3 heterocycles. The smallest absolute Gasteiger partial charge is 0.274 e. The van der Waals surface area contributed by atoms with Crippen molar-refractivity contribution in [2.45, 2.75) is 17.2 Å². The predicted octanol–water partition coefficient (Wildman–Crippen LogP) is 0.233. The largest absolute Gasteiger partial charge is 0.337 e. The van der Waals surface area contributed by atoms with Crippen LogP contribution in [-0.4, -0.2) is 58.7 Å². The number of amides is 1. The average molecular weight is 321 g/mol. The first-order valence-corrected chi connectivity index (χ1v) is 8.64. The van der Waals surface area contributed by atoms with Crippen LogP contribution in [-0.2, 0) is 9.84 Å². The average Bonchev–Trinajstić information content (AvgIpc) is 3.15. The molecule has 116 valence electrons. The van der Waals surface area contributed by atoms with Gasteiger partial charge in [-0.05, 0) is 6.42 Å². The third kappa shape index (κ3) is 2.71. The summed E-state index contributed by atoms with van der Waals surface area (Å²) >= 11 is 0. The van der Waals surface area contributed by atoms with Crippen molar-refractivity contribution in [1.29, 1.82) is 0 Å². The maximum absolute atomic E-state index is 12.3. The summed E-state index contributed by atoms with van der Waals surface area (Å²) in [6, 6.07) is 0. The number of likely N-dealkylation sites (tertiary alicyclic amines) is 1. The van der Waals surface area contributed by atoms with E-state index in [1.807, 2.05) is 0 Å². The first-order valence-electron chi connectivity index (χ1n) is 6.75. The van der Waals surface area contributed by atoms with Crippen LogP contribution in [0.1, 0.15) is 28.5 Å².